The Hall–Kier alpha value is -1.76. The Morgan fingerprint density at radius 1 is 1.27 bits per heavy atom. The van der Waals surface area contributed by atoms with E-state index in [0.717, 1.165) is 0 Å². The molecule has 0 atom stereocenters. The quantitative estimate of drug-likeness (QED) is 0.508. The standard InChI is InChI=1S/C7H8N4/c1-2-3-5-6(8)10-4-11-7(5)9/h4H,1H3,(H4,8,9,10,11). The number of anilines is 2. The topological polar surface area (TPSA) is 77.8 Å². The summed E-state index contributed by atoms with van der Waals surface area (Å²) in [5.41, 5.74) is 11.5. The zero-order valence-corrected chi connectivity index (χ0v) is 6.13. The van der Waals surface area contributed by atoms with Gasteiger partial charge in [-0.05, 0) is 6.92 Å². The van der Waals surface area contributed by atoms with Gasteiger partial charge in [0.1, 0.15) is 23.5 Å². The molecule has 1 rings (SSSR count). The highest BCUT2D eigenvalue weighted by Gasteiger charge is 2.00. The lowest BCUT2D eigenvalue weighted by Gasteiger charge is -1.97. The first-order valence-corrected chi connectivity index (χ1v) is 3.04. The highest BCUT2D eigenvalue weighted by molar-refractivity contribution is 5.61. The predicted octanol–water partition coefficient (Wildman–Crippen LogP) is 0.0124. The van der Waals surface area contributed by atoms with Crippen LogP contribution in [0.2, 0.25) is 0 Å². The Balaban J connectivity index is 3.28. The van der Waals surface area contributed by atoms with Crippen LogP contribution in [0.5, 0.6) is 0 Å². The molecule has 11 heavy (non-hydrogen) atoms. The largest absolute Gasteiger partial charge is 0.382 e. The van der Waals surface area contributed by atoms with Crippen LogP contribution in [0.25, 0.3) is 0 Å². The van der Waals surface area contributed by atoms with Gasteiger partial charge >= 0.3 is 0 Å². The Bertz CT molecular complexity index is 301. The van der Waals surface area contributed by atoms with Crippen LogP contribution in [-0.2, 0) is 0 Å². The maximum absolute atomic E-state index is 5.47. The van der Waals surface area contributed by atoms with Gasteiger partial charge in [-0.15, -0.1) is 5.92 Å². The summed E-state index contributed by atoms with van der Waals surface area (Å²) in [5.74, 6) is 6.05. The summed E-state index contributed by atoms with van der Waals surface area (Å²) in [5, 5.41) is 0. The Morgan fingerprint density at radius 2 is 1.82 bits per heavy atom. The van der Waals surface area contributed by atoms with Crippen LogP contribution < -0.4 is 11.5 Å². The van der Waals surface area contributed by atoms with Crippen molar-refractivity contribution in [3.05, 3.63) is 11.9 Å². The summed E-state index contributed by atoms with van der Waals surface area (Å²) < 4.78 is 0. The van der Waals surface area contributed by atoms with E-state index in [1.54, 1.807) is 6.92 Å². The van der Waals surface area contributed by atoms with E-state index in [9.17, 15) is 0 Å². The van der Waals surface area contributed by atoms with Crippen molar-refractivity contribution in [2.24, 2.45) is 0 Å². The smallest absolute Gasteiger partial charge is 0.144 e. The van der Waals surface area contributed by atoms with Crippen molar-refractivity contribution in [1.29, 1.82) is 0 Å². The van der Waals surface area contributed by atoms with Crippen LogP contribution >= 0.6 is 0 Å². The van der Waals surface area contributed by atoms with E-state index in [1.165, 1.54) is 6.33 Å². The fourth-order valence-electron chi connectivity index (χ4n) is 0.667. The van der Waals surface area contributed by atoms with E-state index in [2.05, 4.69) is 21.8 Å². The number of nitrogens with two attached hydrogens (primary N) is 2. The molecular formula is C7H8N4. The third-order valence-corrected chi connectivity index (χ3v) is 1.16. The second-order valence-electron chi connectivity index (χ2n) is 1.89. The van der Waals surface area contributed by atoms with Crippen molar-refractivity contribution < 1.29 is 0 Å². The van der Waals surface area contributed by atoms with E-state index < -0.39 is 0 Å². The molecule has 0 aliphatic rings. The number of hydrogen-bond donors (Lipinski definition) is 2. The van der Waals surface area contributed by atoms with Crippen LogP contribution in [0.3, 0.4) is 0 Å². The van der Waals surface area contributed by atoms with Crippen molar-refractivity contribution in [3.63, 3.8) is 0 Å². The van der Waals surface area contributed by atoms with Gasteiger partial charge in [-0.3, -0.25) is 0 Å². The van der Waals surface area contributed by atoms with Gasteiger partial charge in [-0.25, -0.2) is 9.97 Å². The number of nitrogen functional groups attached to an aromatic ring is 2. The highest BCUT2D eigenvalue weighted by atomic mass is 15.0. The van der Waals surface area contributed by atoms with Gasteiger partial charge < -0.3 is 11.5 Å². The second kappa shape index (κ2) is 2.88. The summed E-state index contributed by atoms with van der Waals surface area (Å²) in [6.45, 7) is 1.70. The third kappa shape index (κ3) is 1.38. The lowest BCUT2D eigenvalue weighted by molar-refractivity contribution is 1.17. The van der Waals surface area contributed by atoms with Gasteiger partial charge in [0.15, 0.2) is 0 Å². The molecule has 0 aliphatic carbocycles. The van der Waals surface area contributed by atoms with Crippen molar-refractivity contribution in [1.82, 2.24) is 9.97 Å². The van der Waals surface area contributed by atoms with Crippen LogP contribution in [0.15, 0.2) is 6.33 Å². The first-order valence-electron chi connectivity index (χ1n) is 3.04. The first-order chi connectivity index (χ1) is 5.25. The maximum atomic E-state index is 5.47. The fraction of sp³-hybridized carbons (Fsp3) is 0.143. The molecule has 0 aliphatic heterocycles. The molecule has 4 N–H and O–H groups in total. The van der Waals surface area contributed by atoms with Crippen molar-refractivity contribution in [2.45, 2.75) is 6.92 Å². The molecule has 56 valence electrons. The molecule has 1 heterocycles. The Labute approximate surface area is 64.6 Å². The molecule has 0 saturated heterocycles. The molecule has 0 fully saturated rings. The van der Waals surface area contributed by atoms with Crippen molar-refractivity contribution >= 4 is 11.6 Å². The second-order valence-corrected chi connectivity index (χ2v) is 1.89. The van der Waals surface area contributed by atoms with E-state index in [4.69, 9.17) is 11.5 Å². The number of nitrogens with zero attached hydrogens (tertiary/aromatic N) is 2. The fourth-order valence-corrected chi connectivity index (χ4v) is 0.667. The van der Waals surface area contributed by atoms with Crippen molar-refractivity contribution in [2.75, 3.05) is 11.5 Å². The summed E-state index contributed by atoms with van der Waals surface area (Å²) in [7, 11) is 0. The van der Waals surface area contributed by atoms with Gasteiger partial charge in [0.25, 0.3) is 0 Å². The Kier molecular flexibility index (Phi) is 1.93. The summed E-state index contributed by atoms with van der Waals surface area (Å²) in [4.78, 5) is 7.49. The van der Waals surface area contributed by atoms with E-state index in [1.807, 2.05) is 0 Å². The molecule has 0 amide bonds. The van der Waals surface area contributed by atoms with Crippen molar-refractivity contribution in [3.8, 4) is 11.8 Å². The molecule has 0 spiro atoms. The Morgan fingerprint density at radius 3 is 2.27 bits per heavy atom. The van der Waals surface area contributed by atoms with Gasteiger partial charge in [0.05, 0.1) is 0 Å². The lowest BCUT2D eigenvalue weighted by Crippen LogP contribution is -2.01. The minimum absolute atomic E-state index is 0.326. The predicted molar refractivity (Wildman–Crippen MR) is 43.4 cm³/mol. The average molecular weight is 148 g/mol. The molecule has 4 heteroatoms. The molecule has 4 nitrogen and oxygen atoms in total. The maximum Gasteiger partial charge on any atom is 0.144 e. The SMILES string of the molecule is CC#Cc1c(N)ncnc1N. The van der Waals surface area contributed by atoms with E-state index in [-0.39, 0.29) is 0 Å². The molecule has 0 unspecified atom stereocenters. The van der Waals surface area contributed by atoms with Crippen LogP contribution in [-0.4, -0.2) is 9.97 Å². The number of rotatable bonds is 0. The summed E-state index contributed by atoms with van der Waals surface area (Å²) in [6, 6.07) is 0. The minimum Gasteiger partial charge on any atom is -0.382 e. The molecule has 1 aromatic heterocycles. The number of hydrogen-bond acceptors (Lipinski definition) is 4. The van der Waals surface area contributed by atoms with Crippen LogP contribution in [0.4, 0.5) is 11.6 Å². The molecule has 0 radical (unpaired) electrons. The van der Waals surface area contributed by atoms with E-state index in [0.29, 0.717) is 17.2 Å². The molecule has 1 aromatic rings. The highest BCUT2D eigenvalue weighted by Crippen LogP contribution is 2.10. The molecular weight excluding hydrogens is 140 g/mol. The van der Waals surface area contributed by atoms with Crippen LogP contribution in [0, 0.1) is 11.8 Å². The lowest BCUT2D eigenvalue weighted by atomic mass is 10.3. The van der Waals surface area contributed by atoms with Gasteiger partial charge in [-0.1, -0.05) is 5.92 Å². The van der Waals surface area contributed by atoms with Gasteiger partial charge in [0.2, 0.25) is 0 Å². The molecule has 0 saturated carbocycles. The zero-order valence-electron chi connectivity index (χ0n) is 6.13. The third-order valence-electron chi connectivity index (χ3n) is 1.16. The molecule has 0 aromatic carbocycles. The van der Waals surface area contributed by atoms with E-state index >= 15 is 0 Å². The average Bonchev–Trinajstić information content (AvgIpc) is 1.97. The minimum atomic E-state index is 0.326. The summed E-state index contributed by atoms with van der Waals surface area (Å²) >= 11 is 0. The number of aromatic nitrogens is 2. The zero-order chi connectivity index (χ0) is 8.27. The molecule has 0 bridgehead atoms. The van der Waals surface area contributed by atoms with Crippen LogP contribution in [0.1, 0.15) is 12.5 Å². The normalized spacial score (nSPS) is 8.45. The summed E-state index contributed by atoms with van der Waals surface area (Å²) in [6.07, 6.45) is 1.31. The van der Waals surface area contributed by atoms with Gasteiger partial charge in [0, 0.05) is 0 Å². The monoisotopic (exact) mass is 148 g/mol. The van der Waals surface area contributed by atoms with Gasteiger partial charge in [-0.2, -0.15) is 0 Å². The first kappa shape index (κ1) is 7.35.